The van der Waals surface area contributed by atoms with Gasteiger partial charge in [0.1, 0.15) is 5.60 Å². The monoisotopic (exact) mass is 207 g/mol. The molecule has 1 fully saturated rings. The fraction of sp³-hybridized carbons (Fsp3) is 0.500. The highest BCUT2D eigenvalue weighted by Gasteiger charge is 2.40. The Hall–Kier alpha value is -1.49. The van der Waals surface area contributed by atoms with E-state index in [1.807, 2.05) is 11.8 Å². The quantitative estimate of drug-likeness (QED) is 0.676. The van der Waals surface area contributed by atoms with Crippen molar-refractivity contribution in [3.8, 4) is 0 Å². The molecule has 0 spiro atoms. The number of aldehydes is 1. The molecule has 0 saturated carbocycles. The van der Waals surface area contributed by atoms with Crippen molar-refractivity contribution in [1.29, 1.82) is 0 Å². The molecule has 1 saturated heterocycles. The summed E-state index contributed by atoms with van der Waals surface area (Å²) in [7, 11) is 1.70. The fourth-order valence-electron chi connectivity index (χ4n) is 1.59. The first-order chi connectivity index (χ1) is 7.17. The molecule has 0 radical (unpaired) electrons. The van der Waals surface area contributed by atoms with Crippen LogP contribution in [0.2, 0.25) is 0 Å². The summed E-state index contributed by atoms with van der Waals surface area (Å²) >= 11 is 0. The third-order valence-electron chi connectivity index (χ3n) is 2.62. The first-order valence-electron chi connectivity index (χ1n) is 4.74. The summed E-state index contributed by atoms with van der Waals surface area (Å²) in [5, 5.41) is 0. The summed E-state index contributed by atoms with van der Waals surface area (Å²) in [6.07, 6.45) is 3.79. The van der Waals surface area contributed by atoms with E-state index in [1.165, 1.54) is 12.4 Å². The van der Waals surface area contributed by atoms with Gasteiger partial charge in [0.15, 0.2) is 6.29 Å². The Bertz CT molecular complexity index is 357. The van der Waals surface area contributed by atoms with Gasteiger partial charge in [-0.1, -0.05) is 0 Å². The van der Waals surface area contributed by atoms with Crippen LogP contribution in [0.3, 0.4) is 0 Å². The first kappa shape index (κ1) is 10.0. The van der Waals surface area contributed by atoms with Crippen molar-refractivity contribution in [3.63, 3.8) is 0 Å². The van der Waals surface area contributed by atoms with Gasteiger partial charge in [0.25, 0.3) is 0 Å². The second-order valence-electron chi connectivity index (χ2n) is 3.94. The van der Waals surface area contributed by atoms with E-state index in [4.69, 9.17) is 4.74 Å². The summed E-state index contributed by atoms with van der Waals surface area (Å²) in [5.74, 6) is 0.648. The highest BCUT2D eigenvalue weighted by Crippen LogP contribution is 2.26. The zero-order chi connectivity index (χ0) is 10.9. The Morgan fingerprint density at radius 2 is 2.07 bits per heavy atom. The Morgan fingerprint density at radius 3 is 2.53 bits per heavy atom. The van der Waals surface area contributed by atoms with Crippen molar-refractivity contribution in [2.75, 3.05) is 25.1 Å². The normalized spacial score (nSPS) is 18.4. The van der Waals surface area contributed by atoms with Crippen LogP contribution in [0.4, 0.5) is 5.95 Å². The Kier molecular flexibility index (Phi) is 2.40. The van der Waals surface area contributed by atoms with Gasteiger partial charge in [0.2, 0.25) is 5.95 Å². The van der Waals surface area contributed by atoms with Crippen LogP contribution in [0.25, 0.3) is 0 Å². The van der Waals surface area contributed by atoms with Gasteiger partial charge in [-0.15, -0.1) is 0 Å². The standard InChI is InChI=1S/C10H13N3O2/c1-10(15-2)6-13(7-10)9-11-3-8(5-14)4-12-9/h3-5H,6-7H2,1-2H3. The molecule has 0 atom stereocenters. The Balaban J connectivity index is 2.04. The van der Waals surface area contributed by atoms with Crippen molar-refractivity contribution >= 4 is 12.2 Å². The molecule has 0 unspecified atom stereocenters. The number of hydrogen-bond donors (Lipinski definition) is 0. The molecule has 5 heteroatoms. The third kappa shape index (κ3) is 1.83. The predicted molar refractivity (Wildman–Crippen MR) is 55.0 cm³/mol. The molecule has 1 aliphatic rings. The minimum Gasteiger partial charge on any atom is -0.375 e. The third-order valence-corrected chi connectivity index (χ3v) is 2.62. The lowest BCUT2D eigenvalue weighted by Gasteiger charge is -2.46. The minimum atomic E-state index is -0.0906. The van der Waals surface area contributed by atoms with E-state index in [2.05, 4.69) is 9.97 Å². The molecular formula is C10H13N3O2. The topological polar surface area (TPSA) is 55.3 Å². The van der Waals surface area contributed by atoms with Gasteiger partial charge < -0.3 is 9.64 Å². The summed E-state index contributed by atoms with van der Waals surface area (Å²) in [6, 6.07) is 0. The molecule has 80 valence electrons. The van der Waals surface area contributed by atoms with Gasteiger partial charge in [-0.05, 0) is 6.92 Å². The van der Waals surface area contributed by atoms with Gasteiger partial charge >= 0.3 is 0 Å². The lowest BCUT2D eigenvalue weighted by molar-refractivity contribution is -0.0175. The average Bonchev–Trinajstić information content (AvgIpc) is 2.25. The van der Waals surface area contributed by atoms with Crippen LogP contribution in [0.15, 0.2) is 12.4 Å². The Morgan fingerprint density at radius 1 is 1.47 bits per heavy atom. The van der Waals surface area contributed by atoms with Gasteiger partial charge in [-0.2, -0.15) is 0 Å². The number of carbonyl (C=O) groups is 1. The number of methoxy groups -OCH3 is 1. The van der Waals surface area contributed by atoms with Gasteiger partial charge in [-0.3, -0.25) is 4.79 Å². The highest BCUT2D eigenvalue weighted by atomic mass is 16.5. The maximum absolute atomic E-state index is 10.4. The molecule has 0 aliphatic carbocycles. The zero-order valence-corrected chi connectivity index (χ0v) is 8.80. The van der Waals surface area contributed by atoms with Crippen LogP contribution in [-0.4, -0.2) is 42.1 Å². The maximum Gasteiger partial charge on any atom is 0.225 e. The largest absolute Gasteiger partial charge is 0.375 e. The van der Waals surface area contributed by atoms with E-state index >= 15 is 0 Å². The lowest BCUT2D eigenvalue weighted by Crippen LogP contribution is -2.61. The summed E-state index contributed by atoms with van der Waals surface area (Å²) in [5.41, 5.74) is 0.404. The summed E-state index contributed by atoms with van der Waals surface area (Å²) < 4.78 is 5.32. The smallest absolute Gasteiger partial charge is 0.225 e. The summed E-state index contributed by atoms with van der Waals surface area (Å²) in [4.78, 5) is 20.6. The first-order valence-corrected chi connectivity index (χ1v) is 4.74. The van der Waals surface area contributed by atoms with E-state index in [1.54, 1.807) is 7.11 Å². The molecule has 1 aromatic heterocycles. The number of anilines is 1. The van der Waals surface area contributed by atoms with Crippen molar-refractivity contribution in [2.24, 2.45) is 0 Å². The number of hydrogen-bond acceptors (Lipinski definition) is 5. The molecular weight excluding hydrogens is 194 g/mol. The molecule has 2 heterocycles. The fourth-order valence-corrected chi connectivity index (χ4v) is 1.59. The van der Waals surface area contributed by atoms with Crippen LogP contribution in [-0.2, 0) is 4.74 Å². The lowest BCUT2D eigenvalue weighted by atomic mass is 9.97. The molecule has 0 bridgehead atoms. The molecule has 0 amide bonds. The SMILES string of the molecule is COC1(C)CN(c2ncc(C=O)cn2)C1. The number of nitrogens with zero attached hydrogens (tertiary/aromatic N) is 3. The van der Waals surface area contributed by atoms with Crippen LogP contribution >= 0.6 is 0 Å². The molecule has 0 aromatic carbocycles. The van der Waals surface area contributed by atoms with Crippen molar-refractivity contribution in [3.05, 3.63) is 18.0 Å². The minimum absolute atomic E-state index is 0.0906. The van der Waals surface area contributed by atoms with E-state index in [0.717, 1.165) is 19.4 Å². The number of carbonyl (C=O) groups excluding carboxylic acids is 1. The second-order valence-corrected chi connectivity index (χ2v) is 3.94. The van der Waals surface area contributed by atoms with E-state index < -0.39 is 0 Å². The molecule has 1 aromatic rings. The van der Waals surface area contributed by atoms with Gasteiger partial charge in [-0.25, -0.2) is 9.97 Å². The molecule has 0 N–H and O–H groups in total. The van der Waals surface area contributed by atoms with E-state index in [0.29, 0.717) is 11.5 Å². The number of aromatic nitrogens is 2. The average molecular weight is 207 g/mol. The van der Waals surface area contributed by atoms with Crippen LogP contribution < -0.4 is 4.90 Å². The molecule has 5 nitrogen and oxygen atoms in total. The van der Waals surface area contributed by atoms with E-state index in [9.17, 15) is 4.79 Å². The highest BCUT2D eigenvalue weighted by molar-refractivity contribution is 5.73. The summed E-state index contributed by atoms with van der Waals surface area (Å²) in [6.45, 7) is 3.61. The van der Waals surface area contributed by atoms with Crippen molar-refractivity contribution < 1.29 is 9.53 Å². The second kappa shape index (κ2) is 3.58. The van der Waals surface area contributed by atoms with Crippen molar-refractivity contribution in [1.82, 2.24) is 9.97 Å². The maximum atomic E-state index is 10.4. The molecule has 15 heavy (non-hydrogen) atoms. The molecule has 2 rings (SSSR count). The predicted octanol–water partition coefficient (Wildman–Crippen LogP) is 0.514. The van der Waals surface area contributed by atoms with Crippen LogP contribution in [0, 0.1) is 0 Å². The Labute approximate surface area is 88.1 Å². The van der Waals surface area contributed by atoms with Gasteiger partial charge in [0, 0.05) is 19.5 Å². The number of rotatable bonds is 3. The zero-order valence-electron chi connectivity index (χ0n) is 8.80. The van der Waals surface area contributed by atoms with Crippen LogP contribution in [0.1, 0.15) is 17.3 Å². The van der Waals surface area contributed by atoms with Crippen LogP contribution in [0.5, 0.6) is 0 Å². The molecule has 1 aliphatic heterocycles. The van der Waals surface area contributed by atoms with Crippen molar-refractivity contribution in [2.45, 2.75) is 12.5 Å². The van der Waals surface area contributed by atoms with Gasteiger partial charge in [0.05, 0.1) is 18.7 Å². The van der Waals surface area contributed by atoms with E-state index in [-0.39, 0.29) is 5.60 Å². The number of ether oxygens (including phenoxy) is 1.